The van der Waals surface area contributed by atoms with Crippen LogP contribution in [0.2, 0.25) is 0 Å². The van der Waals surface area contributed by atoms with Gasteiger partial charge in [-0.3, -0.25) is 14.8 Å². The van der Waals surface area contributed by atoms with E-state index in [0.29, 0.717) is 24.8 Å². The molecule has 7 N–H and O–H groups in total. The molecule has 24 heteroatoms. The molecular formula is C61H91N2O22-. The summed E-state index contributed by atoms with van der Waals surface area (Å²) in [5.74, 6) is -6.56. The molecule has 0 radical (unpaired) electrons. The number of allylic oxidation sites excluding steroid dienone is 3. The van der Waals surface area contributed by atoms with Crippen molar-refractivity contribution in [3.63, 3.8) is 0 Å². The monoisotopic (exact) mass is 1200 g/mol. The van der Waals surface area contributed by atoms with E-state index >= 15 is 4.79 Å². The van der Waals surface area contributed by atoms with Crippen LogP contribution in [0.3, 0.4) is 0 Å². The van der Waals surface area contributed by atoms with Crippen LogP contribution in [0, 0.1) is 52.0 Å². The van der Waals surface area contributed by atoms with Gasteiger partial charge in [0, 0.05) is 62.9 Å². The van der Waals surface area contributed by atoms with E-state index < -0.39 is 192 Å². The van der Waals surface area contributed by atoms with Crippen LogP contribution in [-0.4, -0.2) is 189 Å². The zero-order valence-electron chi connectivity index (χ0n) is 50.9. The van der Waals surface area contributed by atoms with Crippen molar-refractivity contribution < 1.29 is 102 Å². The Morgan fingerprint density at radius 3 is 2.11 bits per heavy atom. The molecule has 85 heavy (non-hydrogen) atoms. The lowest BCUT2D eigenvalue weighted by Crippen LogP contribution is -2.67. The largest absolute Gasteiger partial charge is 0.762 e. The van der Waals surface area contributed by atoms with Crippen LogP contribution in [0.5, 0.6) is 0 Å². The second-order valence-electron chi connectivity index (χ2n) is 26.2. The maximum atomic E-state index is 15.6. The van der Waals surface area contributed by atoms with Crippen molar-refractivity contribution in [1.82, 2.24) is 10.5 Å². The summed E-state index contributed by atoms with van der Waals surface area (Å²) in [5.41, 5.74) is -4.39. The molecular weight excluding hydrogens is 1110 g/mol. The minimum Gasteiger partial charge on any atom is -0.762 e. The van der Waals surface area contributed by atoms with Crippen LogP contribution in [0.1, 0.15) is 134 Å². The lowest BCUT2D eigenvalue weighted by atomic mass is 9.49. The van der Waals surface area contributed by atoms with Gasteiger partial charge in [-0.1, -0.05) is 50.6 Å². The van der Waals surface area contributed by atoms with Crippen molar-refractivity contribution in [2.24, 2.45) is 46.8 Å². The van der Waals surface area contributed by atoms with Crippen LogP contribution in [0.4, 0.5) is 4.79 Å². The Kier molecular flexibility index (Phi) is 19.9. The van der Waals surface area contributed by atoms with Gasteiger partial charge < -0.3 is 93.4 Å². The summed E-state index contributed by atoms with van der Waals surface area (Å²) >= 11 is 0. The Bertz CT molecular complexity index is 2570. The number of methoxy groups -OCH3 is 1. The molecule has 0 aromatic heterocycles. The summed E-state index contributed by atoms with van der Waals surface area (Å²) in [6.07, 6.45) is -4.57. The van der Waals surface area contributed by atoms with Gasteiger partial charge in [-0.25, -0.2) is 9.59 Å². The Morgan fingerprint density at radius 1 is 0.776 bits per heavy atom. The predicted molar refractivity (Wildman–Crippen MR) is 298 cm³/mol. The van der Waals surface area contributed by atoms with Crippen molar-refractivity contribution in [2.75, 3.05) is 13.7 Å². The summed E-state index contributed by atoms with van der Waals surface area (Å²) < 4.78 is 68.9. The first kappa shape index (κ1) is 65.5. The number of hydroxylamine groups is 2. The molecule has 2 saturated carbocycles. The minimum absolute atomic E-state index is 0.0608. The van der Waals surface area contributed by atoms with Gasteiger partial charge in [0.1, 0.15) is 23.5 Å². The Balaban J connectivity index is 1.03. The molecule has 27 unspecified atom stereocenters. The summed E-state index contributed by atoms with van der Waals surface area (Å²) in [6, 6.07) is -1.04. The molecule has 2 bridgehead atoms. The lowest BCUT2D eigenvalue weighted by molar-refractivity contribution is -0.323. The number of nitrogens with one attached hydrogen (secondary N) is 1. The molecule has 0 aromatic rings. The first-order valence-corrected chi connectivity index (χ1v) is 30.4. The second-order valence-corrected chi connectivity index (χ2v) is 26.2. The molecule has 4 aliphatic carbocycles. The van der Waals surface area contributed by atoms with E-state index in [1.165, 1.54) is 21.0 Å². The Labute approximate surface area is 496 Å². The number of hydrogen-bond acceptors (Lipinski definition) is 23. The number of carbonyl (C=O) groups is 4. The Hall–Kier alpha value is -3.96. The summed E-state index contributed by atoms with van der Waals surface area (Å²) in [4.78, 5) is 55.3. The molecule has 478 valence electrons. The lowest BCUT2D eigenvalue weighted by Gasteiger charge is -2.56. The highest BCUT2D eigenvalue weighted by molar-refractivity contribution is 6.26. The number of aliphatic hydroxyl groups excluding tert-OH is 5. The fourth-order valence-corrected chi connectivity index (χ4v) is 16.0. The van der Waals surface area contributed by atoms with E-state index in [2.05, 4.69) is 25.2 Å². The quantitative estimate of drug-likeness (QED) is 0.0432. The highest BCUT2D eigenvalue weighted by Crippen LogP contribution is 2.61. The molecule has 27 atom stereocenters. The van der Waals surface area contributed by atoms with Gasteiger partial charge in [-0.05, 0) is 103 Å². The van der Waals surface area contributed by atoms with Crippen LogP contribution in [0.25, 0.3) is 0 Å². The molecule has 1 amide bonds. The molecule has 5 aliphatic heterocycles. The summed E-state index contributed by atoms with van der Waals surface area (Å²) in [5, 5.41) is 82.3. The summed E-state index contributed by atoms with van der Waals surface area (Å²) in [7, 11) is 1.17. The van der Waals surface area contributed by atoms with E-state index in [1.807, 2.05) is 32.9 Å². The number of carbonyl (C=O) groups excluding carboxylic acids is 4. The van der Waals surface area contributed by atoms with Gasteiger partial charge in [-0.15, -0.1) is 0 Å². The Morgan fingerprint density at radius 2 is 1.45 bits per heavy atom. The van der Waals surface area contributed by atoms with E-state index in [0.717, 1.165) is 5.57 Å². The van der Waals surface area contributed by atoms with Crippen molar-refractivity contribution in [3.8, 4) is 0 Å². The smallest absolute Gasteiger partial charge is 0.407 e. The first-order chi connectivity index (χ1) is 40.0. The van der Waals surface area contributed by atoms with Gasteiger partial charge in [0.05, 0.1) is 79.5 Å². The van der Waals surface area contributed by atoms with Crippen molar-refractivity contribution in [3.05, 3.63) is 52.0 Å². The fraction of sp³-hybridized carbons (Fsp3) is 0.803. The molecule has 0 aromatic carbocycles. The second kappa shape index (κ2) is 25.9. The maximum absolute atomic E-state index is 15.6. The number of fused-ring (bicyclic) bond motifs is 4. The number of ether oxygens (including phenoxy) is 11. The summed E-state index contributed by atoms with van der Waals surface area (Å²) in [6.45, 7) is 19.0. The zero-order chi connectivity index (χ0) is 61.9. The predicted octanol–water partition coefficient (Wildman–Crippen LogP) is 5.24. The van der Waals surface area contributed by atoms with Gasteiger partial charge in [0.2, 0.25) is 5.78 Å². The van der Waals surface area contributed by atoms with E-state index in [1.54, 1.807) is 33.8 Å². The molecule has 9 rings (SSSR count). The first-order valence-electron chi connectivity index (χ1n) is 30.4. The third kappa shape index (κ3) is 12.7. The van der Waals surface area contributed by atoms with E-state index in [-0.39, 0.29) is 55.6 Å². The standard InChI is InChI=1S/C61H91N2O22/c1-27-13-16-42(81-48-25-59(10,63(73)74)54(34(8)79-48)62-58(72)75-12)28(2)20-39-40(66)21-36(26-64)24-61(39)56(70)49(57(71)85-61)55(69)60(11)38(27)15-14-37-50(60)29(3)19-30(4)52(37)84-47-23-44(53(33(7)78-47)80-35(9)65)83-45-18-17-43(31(5)76-45)82-46-22-41(67)51(68)32(6)77-46/h13-15,20,29-34,36-48,50-54,64,66-69,73H,16-19,21-26H2,1-12H3,(H,62,72)/q-1. The fourth-order valence-electron chi connectivity index (χ4n) is 16.0. The maximum Gasteiger partial charge on any atom is 0.407 e. The number of rotatable bonds is 12. The molecule has 1 spiro atoms. The number of aliphatic hydroxyl groups is 5. The van der Waals surface area contributed by atoms with Gasteiger partial charge in [0.25, 0.3) is 0 Å². The third-order valence-corrected chi connectivity index (χ3v) is 20.3. The van der Waals surface area contributed by atoms with Crippen LogP contribution in [0.15, 0.2) is 46.8 Å². The highest BCUT2D eigenvalue weighted by atomic mass is 16.8. The number of hydrogen-bond donors (Lipinski definition) is 7. The van der Waals surface area contributed by atoms with E-state index in [9.17, 15) is 50.3 Å². The van der Waals surface area contributed by atoms with Crippen LogP contribution >= 0.6 is 0 Å². The number of ketones is 1. The van der Waals surface area contributed by atoms with Gasteiger partial charge in [0.15, 0.2) is 36.9 Å². The number of esters is 2. The molecule has 7 fully saturated rings. The normalized spacial score (nSPS) is 46.9. The average molecular weight is 1200 g/mol. The van der Waals surface area contributed by atoms with E-state index in [4.69, 9.17) is 52.1 Å². The van der Waals surface area contributed by atoms with Gasteiger partial charge >= 0.3 is 18.0 Å². The van der Waals surface area contributed by atoms with Crippen LogP contribution < -0.4 is 5.32 Å². The van der Waals surface area contributed by atoms with Crippen LogP contribution in [-0.2, 0) is 66.5 Å². The molecule has 24 nitrogen and oxygen atoms in total. The van der Waals surface area contributed by atoms with Gasteiger partial charge in [-0.2, -0.15) is 0 Å². The topological polar surface area (TPSA) is 330 Å². The van der Waals surface area contributed by atoms with Crippen molar-refractivity contribution >= 4 is 23.8 Å². The molecule has 9 aliphatic rings. The minimum atomic E-state index is -2.05. The number of Topliss-reactive ketones (excluding diaryl/α,β-unsaturated/α-hetero) is 1. The number of alkyl carbamates (subject to hydrolysis) is 1. The third-order valence-electron chi connectivity index (χ3n) is 20.3. The average Bonchev–Trinajstić information content (AvgIpc) is 1.74. The molecule has 5 heterocycles. The number of amides is 1. The highest BCUT2D eigenvalue weighted by Gasteiger charge is 2.65. The zero-order valence-corrected chi connectivity index (χ0v) is 50.9. The van der Waals surface area contributed by atoms with Crippen molar-refractivity contribution in [1.29, 1.82) is 0 Å². The SMILES string of the molecule is COC(=O)NC1C(C)OC(OC2CC=C(C)C3C=CC4C(OC5CC(OC6CCC(OC7CC(O)C(O)C(C)O7)C(C)O6)C(OC(C)=O)C(C)O5)C(C)CC(C)C4C3(C)C(O)=C3C(=O)OC4(CC(CO)CC(O)C4C=C2C)C3=O)CC1(C)N([O-])O. The van der Waals surface area contributed by atoms with Crippen molar-refractivity contribution in [2.45, 2.75) is 250 Å². The molecule has 5 saturated heterocycles. The number of nitrogens with zero attached hydrogens (tertiary/aromatic N) is 1.